The summed E-state index contributed by atoms with van der Waals surface area (Å²) in [6.45, 7) is 4.12. The van der Waals surface area contributed by atoms with Gasteiger partial charge in [0, 0.05) is 19.0 Å². The third-order valence-electron chi connectivity index (χ3n) is 1.85. The summed E-state index contributed by atoms with van der Waals surface area (Å²) in [7, 11) is 0. The number of carboxylic acids is 1. The van der Waals surface area contributed by atoms with E-state index in [1.54, 1.807) is 0 Å². The zero-order valence-corrected chi connectivity index (χ0v) is 9.53. The van der Waals surface area contributed by atoms with Crippen molar-refractivity contribution in [3.8, 4) is 0 Å². The summed E-state index contributed by atoms with van der Waals surface area (Å²) in [6, 6.07) is 0. The lowest BCUT2D eigenvalue weighted by molar-refractivity contribution is -0.192. The van der Waals surface area contributed by atoms with E-state index in [9.17, 15) is 17.7 Å². The lowest BCUT2D eigenvalue weighted by Gasteiger charge is -2.26. The fourth-order valence-corrected chi connectivity index (χ4v) is 1.84. The summed E-state index contributed by atoms with van der Waals surface area (Å²) in [6.07, 6.45) is -5.08. The van der Waals surface area contributed by atoms with Crippen LogP contribution in [0.3, 0.4) is 0 Å². The summed E-state index contributed by atoms with van der Waals surface area (Å²) in [5.41, 5.74) is 0. The van der Waals surface area contributed by atoms with Gasteiger partial charge in [-0.25, -0.2) is 4.79 Å². The summed E-state index contributed by atoms with van der Waals surface area (Å²) in [5, 5.41) is 10.3. The first kappa shape index (κ1) is 15.5. The standard InChI is InChI=1S/C6H13NOS.C2HF3O2/c1-2-9(8)5-6-3-7-4-6;3-2(4,5)1(6)7/h6-7H,2-5H2,1H3;(H,6,7). The molecule has 0 spiro atoms. The van der Waals surface area contributed by atoms with Crippen LogP contribution in [0.15, 0.2) is 0 Å². The molecule has 1 heterocycles. The molecule has 1 rings (SSSR count). The highest BCUT2D eigenvalue weighted by Crippen LogP contribution is 2.13. The minimum Gasteiger partial charge on any atom is -0.616 e. The number of aliphatic carboxylic acids is 1. The Morgan fingerprint density at radius 2 is 2.00 bits per heavy atom. The van der Waals surface area contributed by atoms with E-state index in [4.69, 9.17) is 9.90 Å². The van der Waals surface area contributed by atoms with Gasteiger partial charge in [0.2, 0.25) is 0 Å². The average molecular weight is 261 g/mol. The van der Waals surface area contributed by atoms with E-state index in [1.165, 1.54) is 0 Å². The third-order valence-corrected chi connectivity index (χ3v) is 3.34. The van der Waals surface area contributed by atoms with Gasteiger partial charge in [-0.3, -0.25) is 0 Å². The molecule has 1 aliphatic rings. The van der Waals surface area contributed by atoms with Gasteiger partial charge in [0.25, 0.3) is 0 Å². The molecule has 1 atom stereocenters. The van der Waals surface area contributed by atoms with Gasteiger partial charge in [-0.1, -0.05) is 11.2 Å². The molecule has 0 amide bonds. The molecule has 1 unspecified atom stereocenters. The Kier molecular flexibility index (Phi) is 6.77. The van der Waals surface area contributed by atoms with Crippen molar-refractivity contribution in [3.63, 3.8) is 0 Å². The van der Waals surface area contributed by atoms with Crippen molar-refractivity contribution in [2.24, 2.45) is 5.92 Å². The van der Waals surface area contributed by atoms with E-state index in [0.29, 0.717) is 5.92 Å². The Balaban J connectivity index is 0.000000293. The molecule has 1 saturated heterocycles. The summed E-state index contributed by atoms with van der Waals surface area (Å²) in [4.78, 5) is 8.90. The Bertz CT molecular complexity index is 218. The molecule has 96 valence electrons. The van der Waals surface area contributed by atoms with Gasteiger partial charge < -0.3 is 15.0 Å². The molecule has 0 radical (unpaired) electrons. The van der Waals surface area contributed by atoms with Gasteiger partial charge in [-0.2, -0.15) is 13.2 Å². The van der Waals surface area contributed by atoms with Gasteiger partial charge in [-0.05, 0) is 6.92 Å². The van der Waals surface area contributed by atoms with E-state index < -0.39 is 23.3 Å². The van der Waals surface area contributed by atoms with Crippen molar-refractivity contribution in [1.82, 2.24) is 5.32 Å². The van der Waals surface area contributed by atoms with Crippen molar-refractivity contribution in [2.75, 3.05) is 24.6 Å². The maximum absolute atomic E-state index is 10.9. The number of carbonyl (C=O) groups is 1. The number of hydrogen-bond acceptors (Lipinski definition) is 3. The Morgan fingerprint density at radius 1 is 1.56 bits per heavy atom. The first-order valence-corrected chi connectivity index (χ1v) is 6.12. The molecule has 1 fully saturated rings. The van der Waals surface area contributed by atoms with E-state index in [1.807, 2.05) is 6.92 Å². The van der Waals surface area contributed by atoms with E-state index in [2.05, 4.69) is 5.32 Å². The first-order valence-electron chi connectivity index (χ1n) is 4.63. The molecule has 16 heavy (non-hydrogen) atoms. The minimum absolute atomic E-state index is 0.546. The zero-order valence-electron chi connectivity index (χ0n) is 8.71. The SMILES string of the molecule is CC[S+]([O-])CC1CNC1.O=C(O)C(F)(F)F. The minimum atomic E-state index is -5.08. The summed E-state index contributed by atoms with van der Waals surface area (Å²) >= 11 is -0.546. The predicted molar refractivity (Wildman–Crippen MR) is 53.6 cm³/mol. The van der Waals surface area contributed by atoms with Crippen molar-refractivity contribution in [2.45, 2.75) is 13.1 Å². The molecule has 0 aliphatic carbocycles. The Labute approximate surface area is 94.4 Å². The van der Waals surface area contributed by atoms with Crippen molar-refractivity contribution >= 4 is 17.1 Å². The highest BCUT2D eigenvalue weighted by Gasteiger charge is 2.38. The normalized spacial score (nSPS) is 18.1. The fourth-order valence-electron chi connectivity index (χ4n) is 0.847. The lowest BCUT2D eigenvalue weighted by Crippen LogP contribution is -2.45. The molecular formula is C8H14F3NO3S. The van der Waals surface area contributed by atoms with Crippen LogP contribution < -0.4 is 5.32 Å². The van der Waals surface area contributed by atoms with Crippen LogP contribution in [-0.4, -0.2) is 46.4 Å². The second kappa shape index (κ2) is 6.97. The van der Waals surface area contributed by atoms with Gasteiger partial charge in [0.1, 0.15) is 11.5 Å². The molecule has 1 aliphatic heterocycles. The Morgan fingerprint density at radius 3 is 2.19 bits per heavy atom. The molecule has 4 nitrogen and oxygen atoms in total. The number of halogens is 3. The van der Waals surface area contributed by atoms with E-state index in [0.717, 1.165) is 24.6 Å². The monoisotopic (exact) mass is 261 g/mol. The summed E-state index contributed by atoms with van der Waals surface area (Å²) in [5.74, 6) is -0.335. The molecule has 0 aromatic rings. The van der Waals surface area contributed by atoms with Crippen LogP contribution in [0, 0.1) is 5.92 Å². The largest absolute Gasteiger partial charge is 0.616 e. The lowest BCUT2D eigenvalue weighted by atomic mass is 10.1. The molecule has 0 bridgehead atoms. The number of hydrogen-bond donors (Lipinski definition) is 2. The van der Waals surface area contributed by atoms with Crippen LogP contribution in [-0.2, 0) is 16.0 Å². The second-order valence-corrected chi connectivity index (χ2v) is 5.01. The van der Waals surface area contributed by atoms with Crippen LogP contribution in [0.5, 0.6) is 0 Å². The molecule has 0 aromatic heterocycles. The third kappa shape index (κ3) is 6.91. The second-order valence-electron chi connectivity index (χ2n) is 3.22. The zero-order chi connectivity index (χ0) is 12.8. The molecule has 2 N–H and O–H groups in total. The van der Waals surface area contributed by atoms with E-state index in [-0.39, 0.29) is 0 Å². The van der Waals surface area contributed by atoms with Crippen LogP contribution in [0.4, 0.5) is 13.2 Å². The van der Waals surface area contributed by atoms with Gasteiger partial charge in [-0.15, -0.1) is 0 Å². The van der Waals surface area contributed by atoms with E-state index >= 15 is 0 Å². The highest BCUT2D eigenvalue weighted by molar-refractivity contribution is 7.91. The maximum Gasteiger partial charge on any atom is 0.490 e. The molecule has 0 aromatic carbocycles. The number of nitrogens with one attached hydrogen (secondary N) is 1. The number of alkyl halides is 3. The van der Waals surface area contributed by atoms with Crippen LogP contribution >= 0.6 is 0 Å². The average Bonchev–Trinajstić information content (AvgIpc) is 2.10. The van der Waals surface area contributed by atoms with Crippen LogP contribution in [0.2, 0.25) is 0 Å². The topological polar surface area (TPSA) is 72.4 Å². The highest BCUT2D eigenvalue weighted by atomic mass is 32.2. The van der Waals surface area contributed by atoms with Gasteiger partial charge in [0.15, 0.2) is 0 Å². The number of carboxylic acid groups (broad SMARTS) is 1. The maximum atomic E-state index is 10.9. The first-order chi connectivity index (χ1) is 7.27. The van der Waals surface area contributed by atoms with Crippen LogP contribution in [0.1, 0.15) is 6.92 Å². The predicted octanol–water partition coefficient (Wildman–Crippen LogP) is 0.608. The fraction of sp³-hybridized carbons (Fsp3) is 0.875. The number of rotatable bonds is 3. The van der Waals surface area contributed by atoms with Gasteiger partial charge in [0.05, 0.1) is 0 Å². The molecular weight excluding hydrogens is 247 g/mol. The Hall–Kier alpha value is -0.470. The summed E-state index contributed by atoms with van der Waals surface area (Å²) < 4.78 is 42.6. The van der Waals surface area contributed by atoms with Crippen molar-refractivity contribution in [3.05, 3.63) is 0 Å². The van der Waals surface area contributed by atoms with Crippen LogP contribution in [0.25, 0.3) is 0 Å². The van der Waals surface area contributed by atoms with Crippen molar-refractivity contribution < 1.29 is 27.6 Å². The van der Waals surface area contributed by atoms with Gasteiger partial charge >= 0.3 is 12.1 Å². The molecule has 0 saturated carbocycles. The molecule has 8 heteroatoms. The smallest absolute Gasteiger partial charge is 0.490 e. The quantitative estimate of drug-likeness (QED) is 0.730. The van der Waals surface area contributed by atoms with Crippen molar-refractivity contribution in [1.29, 1.82) is 0 Å².